The molecule has 0 aromatic heterocycles. The van der Waals surface area contributed by atoms with Gasteiger partial charge in [0.05, 0.1) is 13.2 Å². The van der Waals surface area contributed by atoms with Crippen LogP contribution in [0.2, 0.25) is 0 Å². The van der Waals surface area contributed by atoms with Crippen LogP contribution in [0.3, 0.4) is 0 Å². The highest BCUT2D eigenvalue weighted by molar-refractivity contribution is 5.38. The topological polar surface area (TPSA) is 38.7 Å². The molecular formula is C14H22O3. The van der Waals surface area contributed by atoms with E-state index in [-0.39, 0.29) is 0 Å². The number of hydrogen-bond acceptors (Lipinski definition) is 3. The molecule has 0 saturated carbocycles. The molecule has 1 unspecified atom stereocenters. The molecule has 0 radical (unpaired) electrons. The Morgan fingerprint density at radius 2 is 2.00 bits per heavy atom. The molecular weight excluding hydrogens is 216 g/mol. The Bertz CT molecular complexity index is 336. The molecule has 3 nitrogen and oxygen atoms in total. The molecule has 1 aromatic rings. The van der Waals surface area contributed by atoms with Crippen molar-refractivity contribution in [1.29, 1.82) is 0 Å². The van der Waals surface area contributed by atoms with E-state index in [1.54, 1.807) is 14.2 Å². The first-order valence-electron chi connectivity index (χ1n) is 6.00. The lowest BCUT2D eigenvalue weighted by Crippen LogP contribution is -2.02. The minimum Gasteiger partial charge on any atom is -0.496 e. The Labute approximate surface area is 103 Å². The molecule has 0 aliphatic carbocycles. The van der Waals surface area contributed by atoms with Gasteiger partial charge in [0.2, 0.25) is 0 Å². The normalized spacial score (nSPS) is 12.5. The summed E-state index contributed by atoms with van der Waals surface area (Å²) in [6.45, 7) is 2.76. The molecule has 1 N–H and O–H groups in total. The van der Waals surface area contributed by atoms with Gasteiger partial charge in [0.25, 0.3) is 0 Å². The van der Waals surface area contributed by atoms with E-state index in [4.69, 9.17) is 9.47 Å². The molecule has 0 spiro atoms. The number of aliphatic hydroxyl groups excluding tert-OH is 1. The number of benzene rings is 1. The van der Waals surface area contributed by atoms with Crippen molar-refractivity contribution in [3.05, 3.63) is 29.3 Å². The van der Waals surface area contributed by atoms with E-state index in [1.807, 2.05) is 25.1 Å². The highest BCUT2D eigenvalue weighted by Crippen LogP contribution is 2.29. The predicted octanol–water partition coefficient (Wildman–Crippen LogP) is 2.85. The van der Waals surface area contributed by atoms with Crippen LogP contribution in [-0.4, -0.2) is 25.9 Å². The Morgan fingerprint density at radius 1 is 1.24 bits per heavy atom. The number of hydrogen-bond donors (Lipinski definition) is 1. The largest absolute Gasteiger partial charge is 0.496 e. The third-order valence-electron chi connectivity index (χ3n) is 2.82. The van der Waals surface area contributed by atoms with Gasteiger partial charge in [0, 0.05) is 19.3 Å². The van der Waals surface area contributed by atoms with Gasteiger partial charge in [-0.2, -0.15) is 0 Å². The lowest BCUT2D eigenvalue weighted by atomic mass is 10.0. The second-order valence-electron chi connectivity index (χ2n) is 4.25. The van der Waals surface area contributed by atoms with Crippen LogP contribution in [0.25, 0.3) is 0 Å². The fourth-order valence-electron chi connectivity index (χ4n) is 1.85. The van der Waals surface area contributed by atoms with Crippen LogP contribution < -0.4 is 4.74 Å². The molecule has 0 saturated heterocycles. The van der Waals surface area contributed by atoms with E-state index < -0.39 is 6.10 Å². The van der Waals surface area contributed by atoms with E-state index in [9.17, 15) is 5.11 Å². The Hall–Kier alpha value is -1.06. The van der Waals surface area contributed by atoms with E-state index in [1.165, 1.54) is 0 Å². The standard InChI is InChI=1S/C14H22O3/c1-11-7-8-14(17-3)12(10-11)13(15)6-4-5-9-16-2/h7-8,10,13,15H,4-6,9H2,1-3H3. The molecule has 0 aliphatic heterocycles. The van der Waals surface area contributed by atoms with Gasteiger partial charge in [-0.1, -0.05) is 11.6 Å². The fourth-order valence-corrected chi connectivity index (χ4v) is 1.85. The number of methoxy groups -OCH3 is 2. The summed E-state index contributed by atoms with van der Waals surface area (Å²) in [4.78, 5) is 0. The van der Waals surface area contributed by atoms with Gasteiger partial charge in [-0.3, -0.25) is 0 Å². The van der Waals surface area contributed by atoms with Crippen molar-refractivity contribution < 1.29 is 14.6 Å². The van der Waals surface area contributed by atoms with Crippen molar-refractivity contribution in [2.24, 2.45) is 0 Å². The molecule has 3 heteroatoms. The quantitative estimate of drug-likeness (QED) is 0.742. The van der Waals surface area contributed by atoms with Gasteiger partial charge in [-0.05, 0) is 38.3 Å². The minimum absolute atomic E-state index is 0.457. The van der Waals surface area contributed by atoms with Crippen LogP contribution >= 0.6 is 0 Å². The average Bonchev–Trinajstić information content (AvgIpc) is 2.34. The molecule has 1 rings (SSSR count). The number of ether oxygens (including phenoxy) is 2. The molecule has 0 fully saturated rings. The molecule has 0 aliphatic rings. The van der Waals surface area contributed by atoms with Crippen molar-refractivity contribution in [2.45, 2.75) is 32.3 Å². The average molecular weight is 238 g/mol. The van der Waals surface area contributed by atoms with Crippen LogP contribution in [0.15, 0.2) is 18.2 Å². The molecule has 1 atom stereocenters. The van der Waals surface area contributed by atoms with Gasteiger partial charge >= 0.3 is 0 Å². The Kier molecular flexibility index (Phi) is 6.01. The molecule has 0 amide bonds. The van der Waals surface area contributed by atoms with Crippen molar-refractivity contribution >= 4 is 0 Å². The van der Waals surface area contributed by atoms with Crippen LogP contribution in [0.1, 0.15) is 36.5 Å². The van der Waals surface area contributed by atoms with Gasteiger partial charge in [0.15, 0.2) is 0 Å². The summed E-state index contributed by atoms with van der Waals surface area (Å²) in [5.74, 6) is 0.759. The molecule has 0 heterocycles. The second kappa shape index (κ2) is 7.30. The third kappa shape index (κ3) is 4.36. The van der Waals surface area contributed by atoms with Crippen molar-refractivity contribution in [1.82, 2.24) is 0 Å². The Morgan fingerprint density at radius 3 is 2.65 bits per heavy atom. The maximum atomic E-state index is 10.1. The lowest BCUT2D eigenvalue weighted by Gasteiger charge is -2.15. The number of aliphatic hydroxyl groups is 1. The maximum Gasteiger partial charge on any atom is 0.124 e. The number of unbranched alkanes of at least 4 members (excludes halogenated alkanes) is 1. The van der Waals surface area contributed by atoms with Gasteiger partial charge in [-0.15, -0.1) is 0 Å². The van der Waals surface area contributed by atoms with Crippen LogP contribution in [0.5, 0.6) is 5.75 Å². The molecule has 0 bridgehead atoms. The maximum absolute atomic E-state index is 10.1. The zero-order valence-corrected chi connectivity index (χ0v) is 10.9. The third-order valence-corrected chi connectivity index (χ3v) is 2.82. The fraction of sp³-hybridized carbons (Fsp3) is 0.571. The smallest absolute Gasteiger partial charge is 0.124 e. The van der Waals surface area contributed by atoms with Crippen molar-refractivity contribution in [3.63, 3.8) is 0 Å². The molecule has 1 aromatic carbocycles. The summed E-state index contributed by atoms with van der Waals surface area (Å²) in [5, 5.41) is 10.1. The van der Waals surface area contributed by atoms with E-state index >= 15 is 0 Å². The van der Waals surface area contributed by atoms with Gasteiger partial charge in [-0.25, -0.2) is 0 Å². The zero-order valence-electron chi connectivity index (χ0n) is 10.9. The van der Waals surface area contributed by atoms with E-state index in [2.05, 4.69) is 0 Å². The highest BCUT2D eigenvalue weighted by atomic mass is 16.5. The van der Waals surface area contributed by atoms with Crippen molar-refractivity contribution in [2.75, 3.05) is 20.8 Å². The summed E-state index contributed by atoms with van der Waals surface area (Å²) >= 11 is 0. The summed E-state index contributed by atoms with van der Waals surface area (Å²) < 4.78 is 10.3. The highest BCUT2D eigenvalue weighted by Gasteiger charge is 2.12. The van der Waals surface area contributed by atoms with E-state index in [0.29, 0.717) is 0 Å². The van der Waals surface area contributed by atoms with Crippen LogP contribution in [0, 0.1) is 6.92 Å². The summed E-state index contributed by atoms with van der Waals surface area (Å²) in [6.07, 6.45) is 2.21. The number of aryl methyl sites for hydroxylation is 1. The number of rotatable bonds is 7. The monoisotopic (exact) mass is 238 g/mol. The lowest BCUT2D eigenvalue weighted by molar-refractivity contribution is 0.148. The van der Waals surface area contributed by atoms with Crippen molar-refractivity contribution in [3.8, 4) is 5.75 Å². The summed E-state index contributed by atoms with van der Waals surface area (Å²) in [6, 6.07) is 5.88. The Balaban J connectivity index is 2.60. The van der Waals surface area contributed by atoms with Gasteiger partial charge < -0.3 is 14.6 Å². The predicted molar refractivity (Wildman–Crippen MR) is 68.4 cm³/mol. The van der Waals surface area contributed by atoms with Gasteiger partial charge in [0.1, 0.15) is 5.75 Å². The van der Waals surface area contributed by atoms with Crippen LogP contribution in [-0.2, 0) is 4.74 Å². The summed E-state index contributed by atoms with van der Waals surface area (Å²) in [7, 11) is 3.33. The van der Waals surface area contributed by atoms with E-state index in [0.717, 1.165) is 42.7 Å². The minimum atomic E-state index is -0.457. The van der Waals surface area contributed by atoms with Crippen LogP contribution in [0.4, 0.5) is 0 Å². The molecule has 96 valence electrons. The SMILES string of the molecule is COCCCCC(O)c1cc(C)ccc1OC. The second-order valence-corrected chi connectivity index (χ2v) is 4.25. The first-order chi connectivity index (χ1) is 8.19. The zero-order chi connectivity index (χ0) is 12.7. The first-order valence-corrected chi connectivity index (χ1v) is 6.00. The molecule has 17 heavy (non-hydrogen) atoms. The first kappa shape index (κ1) is 14.0. The summed E-state index contributed by atoms with van der Waals surface area (Å²) in [5.41, 5.74) is 2.02.